The van der Waals surface area contributed by atoms with Crippen molar-refractivity contribution in [3.05, 3.63) is 190 Å². The number of hydrogen-bond donors (Lipinski definition) is 0. The van der Waals surface area contributed by atoms with Crippen LogP contribution in [0.4, 0.5) is 0 Å². The van der Waals surface area contributed by atoms with E-state index >= 15 is 0 Å². The number of hydrogen-bond acceptors (Lipinski definition) is 4. The molecule has 0 aliphatic rings. The molecule has 3 heterocycles. The molecule has 0 saturated carbocycles. The van der Waals surface area contributed by atoms with Crippen LogP contribution in [0.15, 0.2) is 138 Å². The molecule has 0 saturated heterocycles. The Kier molecular flexibility index (Phi) is 13.1. The monoisotopic (exact) mass is 1180 g/mol. The van der Waals surface area contributed by atoms with Gasteiger partial charge in [0.05, 0.1) is 28.3 Å². The maximum atomic E-state index is 7.65. The van der Waals surface area contributed by atoms with Gasteiger partial charge >= 0.3 is 0 Å². The molecule has 5 nitrogen and oxygen atoms in total. The third kappa shape index (κ3) is 10.1. The molecule has 11 aromatic rings. The van der Waals surface area contributed by atoms with E-state index in [1.165, 1.54) is 84.5 Å². The van der Waals surface area contributed by atoms with Crippen LogP contribution < -0.4 is 0 Å². The summed E-state index contributed by atoms with van der Waals surface area (Å²) in [5, 5.41) is 7.03. The molecule has 0 bridgehead atoms. The van der Waals surface area contributed by atoms with Gasteiger partial charge < -0.3 is 8.98 Å². The number of fused-ring (bicyclic) bond motifs is 7. The van der Waals surface area contributed by atoms with Gasteiger partial charge in [-0.1, -0.05) is 168 Å². The number of aryl methyl sites for hydroxylation is 2. The van der Waals surface area contributed by atoms with E-state index in [-0.39, 0.29) is 43.1 Å². The Bertz CT molecular complexity index is 4120. The third-order valence-electron chi connectivity index (χ3n) is 14.7. The molecule has 0 fully saturated rings. The molecule has 76 heavy (non-hydrogen) atoms. The molecule has 11 rings (SSSR count). The fourth-order valence-corrected chi connectivity index (χ4v) is 10.7. The van der Waals surface area contributed by atoms with E-state index in [9.17, 15) is 0 Å². The Morgan fingerprint density at radius 3 is 1.91 bits per heavy atom. The van der Waals surface area contributed by atoms with E-state index < -0.39 is 19.1 Å². The quantitative estimate of drug-likeness (QED) is 0.107. The van der Waals surface area contributed by atoms with Gasteiger partial charge in [0, 0.05) is 56.7 Å². The third-order valence-corrected chi connectivity index (χ3v) is 14.7. The molecular formula is C70H72IrN4O-2. The first-order valence-corrected chi connectivity index (χ1v) is 26.6. The predicted molar refractivity (Wildman–Crippen MR) is 318 cm³/mol. The van der Waals surface area contributed by atoms with Gasteiger partial charge in [-0.2, -0.15) is 0 Å². The molecule has 0 amide bonds. The van der Waals surface area contributed by atoms with Gasteiger partial charge in [-0.15, -0.1) is 53.6 Å². The van der Waals surface area contributed by atoms with Gasteiger partial charge in [0.1, 0.15) is 5.58 Å². The van der Waals surface area contributed by atoms with Gasteiger partial charge in [0.25, 0.3) is 0 Å². The SMILES string of the molecule is CC(C)c1cc(C(C)C)c(-c2cc(C(C)C)c(-n3c(-c4[c-]ccc5c4oc4cc6c(ccc7ccccc76)cc45)nc4ccccc43)c(C(C)C)c2)c(C(C)C)c1.[2H]C([2H])([2H])c1c[c-]c(-c2ncc(C([2H])([2H])[2H])c(C(C)(C)C)n2)cc1.[Ir]. The molecule has 6 heteroatoms. The zero-order valence-corrected chi connectivity index (χ0v) is 48.5. The van der Waals surface area contributed by atoms with E-state index in [0.29, 0.717) is 34.8 Å². The predicted octanol–water partition coefficient (Wildman–Crippen LogP) is 19.8. The maximum Gasteiger partial charge on any atom is 0.121 e. The summed E-state index contributed by atoms with van der Waals surface area (Å²) in [6.07, 6.45) is 1.32. The molecule has 0 aliphatic heterocycles. The van der Waals surface area contributed by atoms with Crippen molar-refractivity contribution in [1.29, 1.82) is 0 Å². The Balaban J connectivity index is 0.000000273. The van der Waals surface area contributed by atoms with Crippen molar-refractivity contribution < 1.29 is 32.7 Å². The molecule has 389 valence electrons. The number of benzene rings is 8. The molecule has 3 aromatic heterocycles. The van der Waals surface area contributed by atoms with Crippen molar-refractivity contribution >= 4 is 54.5 Å². The van der Waals surface area contributed by atoms with Crippen molar-refractivity contribution in [2.75, 3.05) is 0 Å². The number of imidazole rings is 1. The van der Waals surface area contributed by atoms with Gasteiger partial charge in [-0.05, 0) is 139 Å². The Hall–Kier alpha value is -6.72. The first-order chi connectivity index (χ1) is 38.2. The molecule has 0 N–H and O–H groups in total. The zero-order valence-electron chi connectivity index (χ0n) is 52.1. The van der Waals surface area contributed by atoms with Gasteiger partial charge in [0.15, 0.2) is 0 Å². The van der Waals surface area contributed by atoms with E-state index in [4.69, 9.17) is 17.6 Å². The summed E-state index contributed by atoms with van der Waals surface area (Å²) in [6.45, 7) is 24.5. The standard InChI is InChI=1S/C54H53N2O.C16H19N2.Ir/c1-30(2)37-25-42(31(3)4)51(43(26-37)32(5)6)38-27-44(33(7)8)52(45(28-38)34(9)10)56-49-21-14-13-20-48(49)55-54(56)41-19-15-18-40-47-24-36-23-22-35-16-11-12-17-39(35)46(36)29-50(47)57-53(40)41;1-11-6-8-13(9-7-11)15-17-10-12(2)14(18-15)16(3,4)5;/h11-18,20-34H,1-10H3;6-8,10H,1-5H3;/q2*-1;/i;1D3,2D3;. The summed E-state index contributed by atoms with van der Waals surface area (Å²) in [7, 11) is 0. The summed E-state index contributed by atoms with van der Waals surface area (Å²) in [6, 6.07) is 51.2. The number of aromatic nitrogens is 4. The molecule has 1 radical (unpaired) electrons. The smallest absolute Gasteiger partial charge is 0.121 e. The molecule has 0 aliphatic carbocycles. The van der Waals surface area contributed by atoms with Crippen molar-refractivity contribution in [3.63, 3.8) is 0 Å². The van der Waals surface area contributed by atoms with Crippen LogP contribution in [0.25, 0.3) is 94.1 Å². The van der Waals surface area contributed by atoms with Crippen LogP contribution in [0, 0.1) is 25.8 Å². The number of para-hydroxylation sites is 2. The number of furan rings is 1. The first kappa shape index (κ1) is 46.6. The van der Waals surface area contributed by atoms with Crippen molar-refractivity contribution in [2.45, 2.75) is 139 Å². The normalized spacial score (nSPS) is 13.6. The minimum absolute atomic E-state index is 0. The van der Waals surface area contributed by atoms with Crippen LogP contribution in [-0.4, -0.2) is 19.5 Å². The van der Waals surface area contributed by atoms with E-state index in [2.05, 4.69) is 199 Å². The van der Waals surface area contributed by atoms with Gasteiger partial charge in [0.2, 0.25) is 0 Å². The van der Waals surface area contributed by atoms with Gasteiger partial charge in [-0.25, -0.2) is 0 Å². The second-order valence-corrected chi connectivity index (χ2v) is 22.9. The number of nitrogens with zero attached hydrogens (tertiary/aromatic N) is 4. The van der Waals surface area contributed by atoms with Crippen molar-refractivity contribution in [2.24, 2.45) is 0 Å². The molecule has 8 aromatic carbocycles. The summed E-state index contributed by atoms with van der Waals surface area (Å²) in [5.41, 5.74) is 16.2. The van der Waals surface area contributed by atoms with Crippen molar-refractivity contribution in [3.8, 4) is 39.6 Å². The van der Waals surface area contributed by atoms with Crippen LogP contribution in [0.3, 0.4) is 0 Å². The second kappa shape index (κ2) is 21.4. The Labute approximate surface area is 473 Å². The number of rotatable bonds is 9. The van der Waals surface area contributed by atoms with Gasteiger partial charge in [-0.3, -0.25) is 15.0 Å². The maximum absolute atomic E-state index is 7.65. The van der Waals surface area contributed by atoms with Crippen molar-refractivity contribution in [1.82, 2.24) is 19.5 Å². The van der Waals surface area contributed by atoms with Crippen LogP contribution in [-0.2, 0) is 25.5 Å². The zero-order chi connectivity index (χ0) is 58.2. The first-order valence-electron chi connectivity index (χ1n) is 29.6. The summed E-state index contributed by atoms with van der Waals surface area (Å²) >= 11 is 0. The summed E-state index contributed by atoms with van der Waals surface area (Å²) in [5.74, 6) is 2.92. The Morgan fingerprint density at radius 1 is 0.605 bits per heavy atom. The van der Waals surface area contributed by atoms with Crippen LogP contribution in [0.5, 0.6) is 0 Å². The average Bonchev–Trinajstić information content (AvgIpc) is 3.99. The average molecular weight is 1180 g/mol. The summed E-state index contributed by atoms with van der Waals surface area (Å²) in [4.78, 5) is 14.0. The van der Waals surface area contributed by atoms with Crippen LogP contribution in [0.2, 0.25) is 0 Å². The fourth-order valence-electron chi connectivity index (χ4n) is 10.7. The van der Waals surface area contributed by atoms with Crippen LogP contribution in [0.1, 0.15) is 172 Å². The molecule has 0 spiro atoms. The second-order valence-electron chi connectivity index (χ2n) is 22.9. The topological polar surface area (TPSA) is 56.7 Å². The van der Waals surface area contributed by atoms with E-state index in [1.807, 2.05) is 26.8 Å². The fraction of sp³-hybridized carbons (Fsp3) is 0.300. The summed E-state index contributed by atoms with van der Waals surface area (Å²) < 4.78 is 54.4. The minimum atomic E-state index is -2.30. The largest absolute Gasteiger partial charge is 0.501 e. The molecule has 0 unspecified atom stereocenters. The van der Waals surface area contributed by atoms with E-state index in [0.717, 1.165) is 44.4 Å². The Morgan fingerprint density at radius 2 is 1.28 bits per heavy atom. The van der Waals surface area contributed by atoms with E-state index in [1.54, 1.807) is 6.07 Å². The minimum Gasteiger partial charge on any atom is -0.501 e. The molecule has 0 atom stereocenters. The van der Waals surface area contributed by atoms with Crippen LogP contribution >= 0.6 is 0 Å². The molecular weight excluding hydrogens is 1110 g/mol.